The Kier molecular flexibility index (Phi) is 2.97. The van der Waals surface area contributed by atoms with E-state index < -0.39 is 5.24 Å². The maximum Gasteiger partial charge on any atom is 0.262 e. The predicted octanol–water partition coefficient (Wildman–Crippen LogP) is 3.85. The Morgan fingerprint density at radius 2 is 2.33 bits per heavy atom. The van der Waals surface area contributed by atoms with E-state index in [1.807, 2.05) is 29.1 Å². The van der Waals surface area contributed by atoms with Crippen LogP contribution >= 0.6 is 22.9 Å². The highest BCUT2D eigenvalue weighted by Gasteiger charge is 2.24. The molecule has 4 nitrogen and oxygen atoms in total. The van der Waals surface area contributed by atoms with Gasteiger partial charge in [0.05, 0.1) is 17.5 Å². The normalized spacial score (nSPS) is 17.5. The fourth-order valence-corrected chi connectivity index (χ4v) is 3.82. The molecule has 0 fully saturated rings. The van der Waals surface area contributed by atoms with Crippen LogP contribution < -0.4 is 4.74 Å². The molecule has 0 saturated heterocycles. The van der Waals surface area contributed by atoms with E-state index in [1.165, 1.54) is 11.3 Å². The van der Waals surface area contributed by atoms with Crippen LogP contribution in [0.15, 0.2) is 36.7 Å². The molecular weight excluding hydrogens is 308 g/mol. The summed E-state index contributed by atoms with van der Waals surface area (Å²) in [5, 5.41) is 4.94. The molecule has 0 amide bonds. The maximum atomic E-state index is 11.3. The van der Waals surface area contributed by atoms with Crippen LogP contribution in [-0.2, 0) is 0 Å². The standard InChI is InChI=1S/C15H11ClN2O2S/c16-15(19)14-7-9-6-10-11(18-4-1-3-17-18)2-5-20-12(10)8-13(9)21-14/h1,3-4,6-8,11H,2,5H2. The Hall–Kier alpha value is -1.85. The minimum absolute atomic E-state index is 0.170. The number of halogens is 1. The molecule has 2 aromatic heterocycles. The fourth-order valence-electron chi connectivity index (χ4n) is 2.74. The SMILES string of the molecule is O=C(Cl)c1cc2cc3c(cc2s1)OCCC3n1cccn1. The summed E-state index contributed by atoms with van der Waals surface area (Å²) in [4.78, 5) is 11.9. The molecular formula is C15H11ClN2O2S. The second-order valence-electron chi connectivity index (χ2n) is 4.95. The van der Waals surface area contributed by atoms with Crippen molar-refractivity contribution in [1.29, 1.82) is 0 Å². The first-order valence-corrected chi connectivity index (χ1v) is 7.81. The third-order valence-corrected chi connectivity index (χ3v) is 5.11. The number of ether oxygens (including phenoxy) is 1. The summed E-state index contributed by atoms with van der Waals surface area (Å²) >= 11 is 6.96. The lowest BCUT2D eigenvalue weighted by atomic mass is 9.99. The molecule has 3 heterocycles. The number of hydrogen-bond acceptors (Lipinski definition) is 4. The van der Waals surface area contributed by atoms with Gasteiger partial charge in [0.25, 0.3) is 5.24 Å². The first kappa shape index (κ1) is 12.9. The number of benzene rings is 1. The van der Waals surface area contributed by atoms with Crippen LogP contribution in [0.1, 0.15) is 27.7 Å². The van der Waals surface area contributed by atoms with Gasteiger partial charge in [-0.25, -0.2) is 0 Å². The summed E-state index contributed by atoms with van der Waals surface area (Å²) in [5.74, 6) is 0.865. The number of hydrogen-bond donors (Lipinski definition) is 0. The Morgan fingerprint density at radius 1 is 1.43 bits per heavy atom. The monoisotopic (exact) mass is 318 g/mol. The van der Waals surface area contributed by atoms with Crippen molar-refractivity contribution in [3.63, 3.8) is 0 Å². The van der Waals surface area contributed by atoms with Crippen LogP contribution in [-0.4, -0.2) is 21.6 Å². The Morgan fingerprint density at radius 3 is 3.10 bits per heavy atom. The van der Waals surface area contributed by atoms with Gasteiger partial charge in [0.15, 0.2) is 0 Å². The van der Waals surface area contributed by atoms with E-state index in [1.54, 1.807) is 6.20 Å². The number of carbonyl (C=O) groups is 1. The fraction of sp³-hybridized carbons (Fsp3) is 0.200. The molecule has 1 aromatic carbocycles. The molecule has 1 aliphatic heterocycles. The Balaban J connectivity index is 1.88. The highest BCUT2D eigenvalue weighted by atomic mass is 35.5. The van der Waals surface area contributed by atoms with Crippen molar-refractivity contribution in [2.75, 3.05) is 6.61 Å². The minimum atomic E-state index is -0.418. The van der Waals surface area contributed by atoms with E-state index in [9.17, 15) is 4.79 Å². The third kappa shape index (κ3) is 2.13. The maximum absolute atomic E-state index is 11.3. The molecule has 0 radical (unpaired) electrons. The summed E-state index contributed by atoms with van der Waals surface area (Å²) in [5.41, 5.74) is 1.10. The summed E-state index contributed by atoms with van der Waals surface area (Å²) < 4.78 is 8.74. The van der Waals surface area contributed by atoms with Gasteiger partial charge in [0.2, 0.25) is 0 Å². The molecule has 3 aromatic rings. The van der Waals surface area contributed by atoms with Gasteiger partial charge in [-0.3, -0.25) is 9.48 Å². The molecule has 6 heteroatoms. The van der Waals surface area contributed by atoms with Crippen molar-refractivity contribution < 1.29 is 9.53 Å². The van der Waals surface area contributed by atoms with Crippen LogP contribution in [0.5, 0.6) is 5.75 Å². The topological polar surface area (TPSA) is 44.1 Å². The van der Waals surface area contributed by atoms with Gasteiger partial charge in [0.1, 0.15) is 5.75 Å². The van der Waals surface area contributed by atoms with Gasteiger partial charge in [-0.05, 0) is 41.3 Å². The zero-order valence-corrected chi connectivity index (χ0v) is 12.5. The van der Waals surface area contributed by atoms with Crippen molar-refractivity contribution in [2.24, 2.45) is 0 Å². The van der Waals surface area contributed by atoms with Gasteiger partial charge in [-0.1, -0.05) is 0 Å². The zero-order valence-electron chi connectivity index (χ0n) is 11.0. The number of thiophene rings is 1. The first-order chi connectivity index (χ1) is 10.2. The molecule has 0 aliphatic carbocycles. The second-order valence-corrected chi connectivity index (χ2v) is 6.38. The van der Waals surface area contributed by atoms with Gasteiger partial charge >= 0.3 is 0 Å². The molecule has 1 aliphatic rings. The average Bonchev–Trinajstić information content (AvgIpc) is 3.13. The van der Waals surface area contributed by atoms with Crippen LogP contribution in [0, 0.1) is 0 Å². The number of aromatic nitrogens is 2. The van der Waals surface area contributed by atoms with Crippen molar-refractivity contribution in [1.82, 2.24) is 9.78 Å². The van der Waals surface area contributed by atoms with Gasteiger partial charge in [-0.15, -0.1) is 11.3 Å². The molecule has 106 valence electrons. The van der Waals surface area contributed by atoms with Gasteiger partial charge in [-0.2, -0.15) is 5.10 Å². The summed E-state index contributed by atoms with van der Waals surface area (Å²) in [6, 6.07) is 8.00. The zero-order chi connectivity index (χ0) is 14.4. The van der Waals surface area contributed by atoms with Crippen molar-refractivity contribution in [3.05, 3.63) is 47.1 Å². The molecule has 21 heavy (non-hydrogen) atoms. The summed E-state index contributed by atoms with van der Waals surface area (Å²) in [6.45, 7) is 0.662. The van der Waals surface area contributed by atoms with E-state index >= 15 is 0 Å². The Labute approximate surface area is 129 Å². The van der Waals surface area contributed by atoms with Crippen LogP contribution in [0.25, 0.3) is 10.1 Å². The van der Waals surface area contributed by atoms with Crippen molar-refractivity contribution >= 4 is 38.3 Å². The van der Waals surface area contributed by atoms with Crippen LogP contribution in [0.3, 0.4) is 0 Å². The summed E-state index contributed by atoms with van der Waals surface area (Å²) in [6.07, 6.45) is 4.62. The second kappa shape index (κ2) is 4.86. The molecule has 0 spiro atoms. The lowest BCUT2D eigenvalue weighted by Crippen LogP contribution is -2.20. The molecule has 1 atom stereocenters. The summed E-state index contributed by atoms with van der Waals surface area (Å²) in [7, 11) is 0. The first-order valence-electron chi connectivity index (χ1n) is 6.61. The number of nitrogens with zero attached hydrogens (tertiary/aromatic N) is 2. The van der Waals surface area contributed by atoms with Gasteiger partial charge < -0.3 is 4.74 Å². The predicted molar refractivity (Wildman–Crippen MR) is 82.5 cm³/mol. The molecule has 4 rings (SSSR count). The lowest BCUT2D eigenvalue weighted by Gasteiger charge is -2.26. The van der Waals surface area contributed by atoms with E-state index in [4.69, 9.17) is 16.3 Å². The van der Waals surface area contributed by atoms with Crippen LogP contribution in [0.4, 0.5) is 0 Å². The van der Waals surface area contributed by atoms with Crippen LogP contribution in [0.2, 0.25) is 0 Å². The minimum Gasteiger partial charge on any atom is -0.493 e. The van der Waals surface area contributed by atoms with Gasteiger partial charge in [0, 0.05) is 29.1 Å². The highest BCUT2D eigenvalue weighted by Crippen LogP contribution is 2.39. The van der Waals surface area contributed by atoms with E-state index in [-0.39, 0.29) is 6.04 Å². The largest absolute Gasteiger partial charge is 0.493 e. The van der Waals surface area contributed by atoms with E-state index in [2.05, 4.69) is 11.2 Å². The smallest absolute Gasteiger partial charge is 0.262 e. The van der Waals surface area contributed by atoms with Crippen molar-refractivity contribution in [2.45, 2.75) is 12.5 Å². The average molecular weight is 319 g/mol. The number of rotatable bonds is 2. The third-order valence-electron chi connectivity index (χ3n) is 3.69. The highest BCUT2D eigenvalue weighted by molar-refractivity contribution is 7.22. The number of carbonyl (C=O) groups excluding carboxylic acids is 1. The molecule has 0 N–H and O–H groups in total. The number of fused-ring (bicyclic) bond motifs is 2. The van der Waals surface area contributed by atoms with E-state index in [0.29, 0.717) is 11.5 Å². The molecule has 0 saturated carbocycles. The Bertz CT molecular complexity index is 826. The molecule has 1 unspecified atom stereocenters. The van der Waals surface area contributed by atoms with Crippen molar-refractivity contribution in [3.8, 4) is 5.75 Å². The van der Waals surface area contributed by atoms with E-state index in [0.717, 1.165) is 27.8 Å². The lowest BCUT2D eigenvalue weighted by molar-refractivity contribution is 0.108. The molecule has 0 bridgehead atoms. The quantitative estimate of drug-likeness (QED) is 0.674.